The monoisotopic (exact) mass is 487 g/mol. The van der Waals surface area contributed by atoms with Gasteiger partial charge in [0.2, 0.25) is 0 Å². The predicted molar refractivity (Wildman–Crippen MR) is 130 cm³/mol. The highest BCUT2D eigenvalue weighted by molar-refractivity contribution is 8.18. The van der Waals surface area contributed by atoms with Crippen LogP contribution in [-0.4, -0.2) is 28.6 Å². The summed E-state index contributed by atoms with van der Waals surface area (Å²) in [5, 5.41) is 11.4. The molecule has 3 amide bonds. The van der Waals surface area contributed by atoms with E-state index in [1.807, 2.05) is 0 Å². The molecule has 4 rings (SSSR count). The van der Waals surface area contributed by atoms with Crippen molar-refractivity contribution in [2.75, 3.05) is 11.9 Å². The summed E-state index contributed by atoms with van der Waals surface area (Å²) >= 11 is 0.796. The molecule has 1 saturated heterocycles. The van der Waals surface area contributed by atoms with Crippen molar-refractivity contribution in [1.29, 1.82) is 5.26 Å². The quantitative estimate of drug-likeness (QED) is 0.474. The van der Waals surface area contributed by atoms with E-state index in [0.717, 1.165) is 16.7 Å². The van der Waals surface area contributed by atoms with Crippen molar-refractivity contribution in [1.82, 2.24) is 4.90 Å². The van der Waals surface area contributed by atoms with Gasteiger partial charge in [-0.05, 0) is 59.8 Å². The van der Waals surface area contributed by atoms with Crippen LogP contribution in [-0.2, 0) is 16.1 Å². The van der Waals surface area contributed by atoms with E-state index in [1.165, 1.54) is 30.3 Å². The molecule has 1 aliphatic heterocycles. The van der Waals surface area contributed by atoms with E-state index in [2.05, 4.69) is 11.4 Å². The molecule has 7 nitrogen and oxygen atoms in total. The molecule has 0 aromatic heterocycles. The van der Waals surface area contributed by atoms with Gasteiger partial charge >= 0.3 is 0 Å². The number of ether oxygens (including phenoxy) is 1. The van der Waals surface area contributed by atoms with Crippen LogP contribution in [0.4, 0.5) is 14.9 Å². The Bertz CT molecular complexity index is 1370. The second-order valence-corrected chi connectivity index (χ2v) is 8.41. The predicted octanol–water partition coefficient (Wildman–Crippen LogP) is 4.95. The third-order valence-corrected chi connectivity index (χ3v) is 5.94. The SMILES string of the molecule is N#Cc1ccccc1CN1C(=O)S/C(=C/c2ccccc2OCC(=O)Nc2ccc(F)cc2)C1=O. The molecular weight excluding hydrogens is 469 g/mol. The number of nitrogens with one attached hydrogen (secondary N) is 1. The fourth-order valence-corrected chi connectivity index (χ4v) is 4.15. The number of anilines is 1. The second-order valence-electron chi connectivity index (χ2n) is 7.42. The van der Waals surface area contributed by atoms with E-state index in [9.17, 15) is 24.0 Å². The zero-order chi connectivity index (χ0) is 24.8. The third kappa shape index (κ3) is 5.75. The minimum Gasteiger partial charge on any atom is -0.483 e. The first kappa shape index (κ1) is 23.7. The average Bonchev–Trinajstić information content (AvgIpc) is 3.12. The Hall–Kier alpha value is -4.42. The minimum absolute atomic E-state index is 0.00650. The number of imide groups is 1. The van der Waals surface area contributed by atoms with Crippen molar-refractivity contribution in [3.8, 4) is 11.8 Å². The van der Waals surface area contributed by atoms with Crippen LogP contribution in [0.5, 0.6) is 5.75 Å². The summed E-state index contributed by atoms with van der Waals surface area (Å²) in [5.41, 5.74) is 1.92. The molecule has 1 N–H and O–H groups in total. The first-order chi connectivity index (χ1) is 16.9. The lowest BCUT2D eigenvalue weighted by atomic mass is 10.1. The van der Waals surface area contributed by atoms with Crippen LogP contribution in [0, 0.1) is 17.1 Å². The molecule has 0 saturated carbocycles. The van der Waals surface area contributed by atoms with Crippen LogP contribution in [0.25, 0.3) is 6.08 Å². The Morgan fingerprint density at radius 3 is 2.54 bits per heavy atom. The number of thioether (sulfide) groups is 1. The largest absolute Gasteiger partial charge is 0.483 e. The summed E-state index contributed by atoms with van der Waals surface area (Å²) in [7, 11) is 0. The highest BCUT2D eigenvalue weighted by Crippen LogP contribution is 2.35. The van der Waals surface area contributed by atoms with Gasteiger partial charge in [-0.1, -0.05) is 36.4 Å². The fraction of sp³-hybridized carbons (Fsp3) is 0.0769. The molecule has 3 aromatic carbocycles. The van der Waals surface area contributed by atoms with Gasteiger partial charge in [-0.15, -0.1) is 0 Å². The summed E-state index contributed by atoms with van der Waals surface area (Å²) < 4.78 is 18.7. The van der Waals surface area contributed by atoms with Gasteiger partial charge < -0.3 is 10.1 Å². The van der Waals surface area contributed by atoms with Crippen LogP contribution in [0.15, 0.2) is 77.7 Å². The van der Waals surface area contributed by atoms with E-state index in [4.69, 9.17) is 4.74 Å². The number of carbonyl (C=O) groups is 3. The summed E-state index contributed by atoms with van der Waals surface area (Å²) in [6.07, 6.45) is 1.54. The van der Waals surface area contributed by atoms with E-state index in [-0.39, 0.29) is 18.1 Å². The van der Waals surface area contributed by atoms with Gasteiger partial charge in [-0.25, -0.2) is 4.39 Å². The van der Waals surface area contributed by atoms with Gasteiger partial charge in [0.15, 0.2) is 6.61 Å². The number of nitrogens with zero attached hydrogens (tertiary/aromatic N) is 2. The van der Waals surface area contributed by atoms with Crippen molar-refractivity contribution < 1.29 is 23.5 Å². The zero-order valence-electron chi connectivity index (χ0n) is 18.2. The maximum Gasteiger partial charge on any atom is 0.293 e. The van der Waals surface area contributed by atoms with E-state index in [1.54, 1.807) is 48.5 Å². The van der Waals surface area contributed by atoms with Crippen molar-refractivity contribution in [3.05, 3.63) is 100 Å². The van der Waals surface area contributed by atoms with Crippen LogP contribution < -0.4 is 10.1 Å². The fourth-order valence-electron chi connectivity index (χ4n) is 3.32. The van der Waals surface area contributed by atoms with Crippen molar-refractivity contribution in [3.63, 3.8) is 0 Å². The molecule has 0 unspecified atom stereocenters. The Morgan fingerprint density at radius 1 is 1.06 bits per heavy atom. The maximum absolute atomic E-state index is 13.0. The molecule has 35 heavy (non-hydrogen) atoms. The Morgan fingerprint density at radius 2 is 1.77 bits per heavy atom. The molecule has 0 atom stereocenters. The summed E-state index contributed by atoms with van der Waals surface area (Å²) in [5.74, 6) is -0.977. The number of carbonyl (C=O) groups excluding carboxylic acids is 3. The van der Waals surface area contributed by atoms with Crippen molar-refractivity contribution in [2.24, 2.45) is 0 Å². The standard InChI is InChI=1S/C26H18FN3O4S/c27-20-9-11-21(12-10-20)29-24(31)16-34-22-8-4-3-5-17(22)13-23-25(32)30(26(33)35-23)15-19-7-2-1-6-18(19)14-28/h1-13H,15-16H2,(H,29,31)/b23-13+. The number of nitriles is 1. The Balaban J connectivity index is 1.45. The summed E-state index contributed by atoms with van der Waals surface area (Å²) in [6, 6.07) is 21.0. The van der Waals surface area contributed by atoms with Gasteiger partial charge in [0.1, 0.15) is 11.6 Å². The van der Waals surface area contributed by atoms with Gasteiger partial charge in [-0.2, -0.15) is 5.26 Å². The first-order valence-corrected chi connectivity index (χ1v) is 11.3. The number of rotatable bonds is 7. The van der Waals surface area contributed by atoms with Gasteiger partial charge in [0, 0.05) is 11.3 Å². The third-order valence-electron chi connectivity index (χ3n) is 5.03. The average molecular weight is 488 g/mol. The summed E-state index contributed by atoms with van der Waals surface area (Å²) in [4.78, 5) is 39.0. The normalized spacial score (nSPS) is 14.2. The number of para-hydroxylation sites is 1. The van der Waals surface area contributed by atoms with Crippen LogP contribution in [0.2, 0.25) is 0 Å². The van der Waals surface area contributed by atoms with Gasteiger partial charge in [0.25, 0.3) is 17.1 Å². The van der Waals surface area contributed by atoms with Gasteiger partial charge in [0.05, 0.1) is 23.1 Å². The number of benzene rings is 3. The molecule has 0 bridgehead atoms. The number of halogens is 1. The molecule has 174 valence electrons. The number of amides is 3. The molecule has 1 fully saturated rings. The van der Waals surface area contributed by atoms with Crippen LogP contribution in [0.3, 0.4) is 0 Å². The second kappa shape index (κ2) is 10.7. The Kier molecular flexibility index (Phi) is 7.24. The van der Waals surface area contributed by atoms with E-state index >= 15 is 0 Å². The van der Waals surface area contributed by atoms with Crippen molar-refractivity contribution in [2.45, 2.75) is 6.54 Å². The molecule has 0 radical (unpaired) electrons. The molecule has 3 aromatic rings. The number of hydrogen-bond donors (Lipinski definition) is 1. The highest BCUT2D eigenvalue weighted by atomic mass is 32.2. The molecule has 0 spiro atoms. The molecular formula is C26H18FN3O4S. The topological polar surface area (TPSA) is 99.5 Å². The molecule has 9 heteroatoms. The molecule has 1 aliphatic rings. The van der Waals surface area contributed by atoms with Gasteiger partial charge in [-0.3, -0.25) is 19.3 Å². The lowest BCUT2D eigenvalue weighted by Gasteiger charge is -2.13. The summed E-state index contributed by atoms with van der Waals surface area (Å²) in [6.45, 7) is -0.317. The van der Waals surface area contributed by atoms with E-state index < -0.39 is 22.9 Å². The molecule has 1 heterocycles. The number of hydrogen-bond acceptors (Lipinski definition) is 6. The smallest absolute Gasteiger partial charge is 0.293 e. The van der Waals surface area contributed by atoms with Crippen molar-refractivity contribution >= 4 is 40.6 Å². The Labute approximate surface area is 204 Å². The van der Waals surface area contributed by atoms with Crippen LogP contribution in [0.1, 0.15) is 16.7 Å². The van der Waals surface area contributed by atoms with E-state index in [0.29, 0.717) is 28.1 Å². The minimum atomic E-state index is -0.475. The maximum atomic E-state index is 13.0. The first-order valence-electron chi connectivity index (χ1n) is 10.4. The lowest BCUT2D eigenvalue weighted by Crippen LogP contribution is -2.27. The lowest BCUT2D eigenvalue weighted by molar-refractivity contribution is -0.123. The highest BCUT2D eigenvalue weighted by Gasteiger charge is 2.35. The van der Waals surface area contributed by atoms with Crippen LogP contribution >= 0.6 is 11.8 Å². The molecule has 0 aliphatic carbocycles. The zero-order valence-corrected chi connectivity index (χ0v) is 19.0.